The summed E-state index contributed by atoms with van der Waals surface area (Å²) in [6, 6.07) is 10.2. The van der Waals surface area contributed by atoms with Gasteiger partial charge in [0.1, 0.15) is 0 Å². The van der Waals surface area contributed by atoms with Crippen LogP contribution in [-0.4, -0.2) is 33.7 Å². The van der Waals surface area contributed by atoms with Crippen molar-refractivity contribution in [2.24, 2.45) is 0 Å². The standard InChI is InChI=1S/C19H23N3O2/c1-5-21(6-2)19(23)17-13(3)16-14(4)22(20-18(16)24-17)12-15-10-8-7-9-11-15/h7-11H,5-6,12H2,1-4H3. The first kappa shape index (κ1) is 16.3. The zero-order valence-corrected chi connectivity index (χ0v) is 14.7. The Morgan fingerprint density at radius 3 is 2.42 bits per heavy atom. The van der Waals surface area contributed by atoms with E-state index in [0.29, 0.717) is 31.1 Å². The fourth-order valence-electron chi connectivity index (χ4n) is 3.08. The lowest BCUT2D eigenvalue weighted by atomic mass is 10.1. The molecule has 5 nitrogen and oxygen atoms in total. The maximum Gasteiger partial charge on any atom is 0.289 e. The SMILES string of the molecule is CCN(CC)C(=O)c1oc2nn(Cc3ccccc3)c(C)c2c1C. The fraction of sp³-hybridized carbons (Fsp3) is 0.368. The molecule has 0 spiro atoms. The Labute approximate surface area is 141 Å². The molecule has 0 unspecified atom stereocenters. The van der Waals surface area contributed by atoms with E-state index in [0.717, 1.165) is 16.6 Å². The first-order valence-corrected chi connectivity index (χ1v) is 8.36. The number of carbonyl (C=O) groups is 1. The average Bonchev–Trinajstić information content (AvgIpc) is 3.07. The second-order valence-electron chi connectivity index (χ2n) is 5.94. The second kappa shape index (κ2) is 6.51. The Hall–Kier alpha value is -2.56. The van der Waals surface area contributed by atoms with Gasteiger partial charge in [-0.05, 0) is 33.3 Å². The van der Waals surface area contributed by atoms with Crippen LogP contribution in [0.25, 0.3) is 11.1 Å². The summed E-state index contributed by atoms with van der Waals surface area (Å²) < 4.78 is 7.75. The topological polar surface area (TPSA) is 51.3 Å². The summed E-state index contributed by atoms with van der Waals surface area (Å²) in [5.41, 5.74) is 3.62. The molecular formula is C19H23N3O2. The highest BCUT2D eigenvalue weighted by molar-refractivity contribution is 5.98. The van der Waals surface area contributed by atoms with Gasteiger partial charge in [-0.25, -0.2) is 0 Å². The van der Waals surface area contributed by atoms with E-state index in [1.807, 2.05) is 50.6 Å². The Morgan fingerprint density at radius 2 is 1.83 bits per heavy atom. The zero-order chi connectivity index (χ0) is 17.3. The van der Waals surface area contributed by atoms with Crippen LogP contribution in [0, 0.1) is 13.8 Å². The van der Waals surface area contributed by atoms with E-state index in [4.69, 9.17) is 4.42 Å². The number of hydrogen-bond acceptors (Lipinski definition) is 3. The van der Waals surface area contributed by atoms with Gasteiger partial charge in [0.05, 0.1) is 11.9 Å². The van der Waals surface area contributed by atoms with Crippen molar-refractivity contribution in [3.05, 3.63) is 52.9 Å². The third kappa shape index (κ3) is 2.70. The maximum atomic E-state index is 12.6. The van der Waals surface area contributed by atoms with Gasteiger partial charge in [0.15, 0.2) is 5.76 Å². The molecule has 2 heterocycles. The van der Waals surface area contributed by atoms with Gasteiger partial charge < -0.3 is 9.32 Å². The summed E-state index contributed by atoms with van der Waals surface area (Å²) in [7, 11) is 0. The number of rotatable bonds is 5. The molecule has 0 saturated carbocycles. The molecule has 2 aromatic heterocycles. The van der Waals surface area contributed by atoms with Crippen molar-refractivity contribution >= 4 is 17.0 Å². The molecule has 0 aliphatic heterocycles. The summed E-state index contributed by atoms with van der Waals surface area (Å²) in [5.74, 6) is 0.343. The van der Waals surface area contributed by atoms with Crippen LogP contribution in [0.4, 0.5) is 0 Å². The van der Waals surface area contributed by atoms with E-state index in [2.05, 4.69) is 17.2 Å². The summed E-state index contributed by atoms with van der Waals surface area (Å²) in [6.07, 6.45) is 0. The second-order valence-corrected chi connectivity index (χ2v) is 5.94. The van der Waals surface area contributed by atoms with Crippen molar-refractivity contribution < 1.29 is 9.21 Å². The van der Waals surface area contributed by atoms with E-state index >= 15 is 0 Å². The number of nitrogens with zero attached hydrogens (tertiary/aromatic N) is 3. The number of aryl methyl sites for hydroxylation is 2. The van der Waals surface area contributed by atoms with E-state index in [1.165, 1.54) is 5.56 Å². The Kier molecular flexibility index (Phi) is 4.42. The first-order valence-electron chi connectivity index (χ1n) is 8.36. The molecule has 24 heavy (non-hydrogen) atoms. The smallest absolute Gasteiger partial charge is 0.289 e. The molecule has 0 fully saturated rings. The van der Waals surface area contributed by atoms with Crippen molar-refractivity contribution in [2.75, 3.05) is 13.1 Å². The molecule has 5 heteroatoms. The number of hydrogen-bond donors (Lipinski definition) is 0. The number of aromatic nitrogens is 2. The van der Waals surface area contributed by atoms with Gasteiger partial charge in [0.2, 0.25) is 5.71 Å². The number of benzene rings is 1. The van der Waals surface area contributed by atoms with E-state index in [1.54, 1.807) is 4.90 Å². The molecule has 3 aromatic rings. The van der Waals surface area contributed by atoms with Crippen molar-refractivity contribution in [1.82, 2.24) is 14.7 Å². The lowest BCUT2D eigenvalue weighted by molar-refractivity contribution is 0.0742. The van der Waals surface area contributed by atoms with Crippen LogP contribution in [-0.2, 0) is 6.54 Å². The molecule has 0 N–H and O–H groups in total. The Balaban J connectivity index is 1.98. The highest BCUT2D eigenvalue weighted by Gasteiger charge is 2.25. The molecular weight excluding hydrogens is 302 g/mol. The van der Waals surface area contributed by atoms with Gasteiger partial charge in [0, 0.05) is 24.3 Å². The molecule has 3 rings (SSSR count). The third-order valence-electron chi connectivity index (χ3n) is 4.51. The lowest BCUT2D eigenvalue weighted by Crippen LogP contribution is -2.30. The number of amides is 1. The van der Waals surface area contributed by atoms with Crippen LogP contribution in [0.1, 0.15) is 41.2 Å². The summed E-state index contributed by atoms with van der Waals surface area (Å²) in [4.78, 5) is 14.3. The summed E-state index contributed by atoms with van der Waals surface area (Å²) in [6.45, 7) is 9.92. The quantitative estimate of drug-likeness (QED) is 0.717. The lowest BCUT2D eigenvalue weighted by Gasteiger charge is -2.17. The molecule has 1 amide bonds. The van der Waals surface area contributed by atoms with Gasteiger partial charge in [0.25, 0.3) is 5.91 Å². The minimum Gasteiger partial charge on any atom is -0.431 e. The van der Waals surface area contributed by atoms with Gasteiger partial charge in [-0.3, -0.25) is 9.48 Å². The number of carbonyl (C=O) groups excluding carboxylic acids is 1. The predicted molar refractivity (Wildman–Crippen MR) is 94.3 cm³/mol. The minimum atomic E-state index is -0.0653. The van der Waals surface area contributed by atoms with Crippen LogP contribution in [0.2, 0.25) is 0 Å². The molecule has 126 valence electrons. The van der Waals surface area contributed by atoms with Crippen LogP contribution >= 0.6 is 0 Å². The Bertz CT molecular complexity index is 858. The number of furan rings is 1. The molecule has 1 aromatic carbocycles. The van der Waals surface area contributed by atoms with Crippen molar-refractivity contribution in [1.29, 1.82) is 0 Å². The van der Waals surface area contributed by atoms with E-state index in [-0.39, 0.29) is 5.91 Å². The molecule has 0 aliphatic rings. The fourth-order valence-corrected chi connectivity index (χ4v) is 3.08. The molecule has 0 bridgehead atoms. The Morgan fingerprint density at radius 1 is 1.17 bits per heavy atom. The highest BCUT2D eigenvalue weighted by atomic mass is 16.4. The molecule has 0 atom stereocenters. The summed E-state index contributed by atoms with van der Waals surface area (Å²) in [5, 5.41) is 5.51. The van der Waals surface area contributed by atoms with Gasteiger partial charge in [-0.2, -0.15) is 0 Å². The third-order valence-corrected chi connectivity index (χ3v) is 4.51. The van der Waals surface area contributed by atoms with Crippen molar-refractivity contribution in [3.63, 3.8) is 0 Å². The van der Waals surface area contributed by atoms with E-state index in [9.17, 15) is 4.79 Å². The average molecular weight is 325 g/mol. The first-order chi connectivity index (χ1) is 11.6. The monoisotopic (exact) mass is 325 g/mol. The molecule has 0 saturated heterocycles. The van der Waals surface area contributed by atoms with Gasteiger partial charge >= 0.3 is 0 Å². The molecule has 0 aliphatic carbocycles. The zero-order valence-electron chi connectivity index (χ0n) is 14.7. The normalized spacial score (nSPS) is 11.2. The predicted octanol–water partition coefficient (Wildman–Crippen LogP) is 3.78. The van der Waals surface area contributed by atoms with Gasteiger partial charge in [-0.15, -0.1) is 5.10 Å². The van der Waals surface area contributed by atoms with Crippen molar-refractivity contribution in [3.8, 4) is 0 Å². The van der Waals surface area contributed by atoms with Gasteiger partial charge in [-0.1, -0.05) is 30.3 Å². The van der Waals surface area contributed by atoms with Crippen LogP contribution in [0.3, 0.4) is 0 Å². The van der Waals surface area contributed by atoms with Crippen LogP contribution in [0.15, 0.2) is 34.7 Å². The van der Waals surface area contributed by atoms with E-state index < -0.39 is 0 Å². The van der Waals surface area contributed by atoms with Crippen LogP contribution < -0.4 is 0 Å². The molecule has 0 radical (unpaired) electrons. The highest BCUT2D eigenvalue weighted by Crippen LogP contribution is 2.29. The maximum absolute atomic E-state index is 12.6. The van der Waals surface area contributed by atoms with Crippen molar-refractivity contribution in [2.45, 2.75) is 34.2 Å². The largest absolute Gasteiger partial charge is 0.431 e. The minimum absolute atomic E-state index is 0.0653. The van der Waals surface area contributed by atoms with Crippen LogP contribution in [0.5, 0.6) is 0 Å². The number of fused-ring (bicyclic) bond motifs is 1. The summed E-state index contributed by atoms with van der Waals surface area (Å²) >= 11 is 0.